The molecule has 4 nitrogen and oxygen atoms in total. The van der Waals surface area contributed by atoms with Crippen molar-refractivity contribution in [1.29, 1.82) is 0 Å². The number of hydrogen-bond donors (Lipinski definition) is 0. The van der Waals surface area contributed by atoms with E-state index in [1.807, 2.05) is 91.0 Å². The van der Waals surface area contributed by atoms with Gasteiger partial charge in [0.1, 0.15) is 5.75 Å². The molecule has 148 valence electrons. The van der Waals surface area contributed by atoms with Crippen LogP contribution in [-0.2, 0) is 0 Å². The van der Waals surface area contributed by atoms with Crippen molar-refractivity contribution in [2.75, 3.05) is 12.0 Å². The van der Waals surface area contributed by atoms with E-state index in [1.165, 1.54) is 0 Å². The van der Waals surface area contributed by atoms with Gasteiger partial charge in [-0.05, 0) is 54.6 Å². The quantitative estimate of drug-likeness (QED) is 0.300. The van der Waals surface area contributed by atoms with Gasteiger partial charge >= 0.3 is 0 Å². The normalized spacial score (nSPS) is 11.5. The van der Waals surface area contributed by atoms with Gasteiger partial charge in [-0.2, -0.15) is 0 Å². The van der Waals surface area contributed by atoms with E-state index >= 15 is 0 Å². The second-order valence-electron chi connectivity index (χ2n) is 6.77. The van der Waals surface area contributed by atoms with Gasteiger partial charge in [-0.1, -0.05) is 41.9 Å². The summed E-state index contributed by atoms with van der Waals surface area (Å²) in [5, 5.41) is 0.478. The minimum Gasteiger partial charge on any atom is -0.497 e. The molecule has 1 aliphatic heterocycles. The summed E-state index contributed by atoms with van der Waals surface area (Å²) < 4.78 is 17.4. The largest absolute Gasteiger partial charge is 0.497 e. The van der Waals surface area contributed by atoms with Crippen molar-refractivity contribution in [1.82, 2.24) is 0 Å². The maximum atomic E-state index is 6.63. The van der Waals surface area contributed by atoms with Gasteiger partial charge in [-0.15, -0.1) is 0 Å². The van der Waals surface area contributed by atoms with Crippen molar-refractivity contribution in [3.8, 4) is 28.7 Å². The smallest absolute Gasteiger partial charge is 0.188 e. The zero-order chi connectivity index (χ0) is 20.5. The first kappa shape index (κ1) is 18.4. The van der Waals surface area contributed by atoms with Crippen molar-refractivity contribution < 1.29 is 14.2 Å². The van der Waals surface area contributed by atoms with Crippen molar-refractivity contribution in [2.45, 2.75) is 0 Å². The summed E-state index contributed by atoms with van der Waals surface area (Å²) in [6.07, 6.45) is 0. The lowest BCUT2D eigenvalue weighted by Gasteiger charge is -2.28. The first-order valence-electron chi connectivity index (χ1n) is 9.50. The van der Waals surface area contributed by atoms with Gasteiger partial charge in [0.15, 0.2) is 23.0 Å². The average Bonchev–Trinajstić information content (AvgIpc) is 2.79. The van der Waals surface area contributed by atoms with Crippen LogP contribution in [0.4, 0.5) is 17.1 Å². The van der Waals surface area contributed by atoms with Crippen molar-refractivity contribution in [3.05, 3.63) is 96.0 Å². The van der Waals surface area contributed by atoms with Crippen LogP contribution in [-0.4, -0.2) is 7.11 Å². The number of ether oxygens (including phenoxy) is 3. The van der Waals surface area contributed by atoms with Crippen LogP contribution < -0.4 is 19.1 Å². The van der Waals surface area contributed by atoms with Gasteiger partial charge < -0.3 is 19.1 Å². The summed E-state index contributed by atoms with van der Waals surface area (Å²) in [5.41, 5.74) is 2.82. The number of benzene rings is 4. The number of fused-ring (bicyclic) bond motifs is 2. The highest BCUT2D eigenvalue weighted by Gasteiger charge is 2.24. The molecule has 0 saturated carbocycles. The first-order chi connectivity index (χ1) is 14.7. The summed E-state index contributed by atoms with van der Waals surface area (Å²) in [6, 6.07) is 29.3. The van der Waals surface area contributed by atoms with Gasteiger partial charge in [-0.25, -0.2) is 0 Å². The molecule has 4 aromatic rings. The molecule has 0 amide bonds. The Morgan fingerprint density at radius 1 is 0.667 bits per heavy atom. The Labute approximate surface area is 179 Å². The summed E-state index contributed by atoms with van der Waals surface area (Å²) in [7, 11) is 1.66. The number of methoxy groups -OCH3 is 1. The van der Waals surface area contributed by atoms with Crippen LogP contribution in [0.1, 0.15) is 0 Å². The molecule has 0 radical (unpaired) electrons. The molecule has 1 heterocycles. The second kappa shape index (κ2) is 7.65. The van der Waals surface area contributed by atoms with Crippen LogP contribution in [0.5, 0.6) is 28.7 Å². The minimum atomic E-state index is 0.478. The van der Waals surface area contributed by atoms with Gasteiger partial charge in [0, 0.05) is 17.4 Å². The molecule has 1 aliphatic rings. The monoisotopic (exact) mass is 415 g/mol. The molecule has 0 aromatic heterocycles. The summed E-state index contributed by atoms with van der Waals surface area (Å²) in [5.74, 6) is 3.19. The Balaban J connectivity index is 1.62. The SMILES string of the molecule is COc1ccc(N(c2ccccc2)c2cc(Cl)c3c(c2)Oc2ccccc2O3)cc1. The zero-order valence-corrected chi connectivity index (χ0v) is 17.0. The molecule has 30 heavy (non-hydrogen) atoms. The van der Waals surface area contributed by atoms with E-state index in [0.717, 1.165) is 22.8 Å². The number of halogens is 1. The topological polar surface area (TPSA) is 30.9 Å². The van der Waals surface area contributed by atoms with Crippen LogP contribution in [0.15, 0.2) is 91.0 Å². The third-order valence-corrected chi connectivity index (χ3v) is 5.16. The Bertz CT molecular complexity index is 1190. The van der Waals surface area contributed by atoms with Crippen LogP contribution in [0, 0.1) is 0 Å². The highest BCUT2D eigenvalue weighted by atomic mass is 35.5. The number of hydrogen-bond acceptors (Lipinski definition) is 4. The summed E-state index contributed by atoms with van der Waals surface area (Å²) in [4.78, 5) is 2.11. The Hall–Kier alpha value is -3.63. The van der Waals surface area contributed by atoms with Crippen molar-refractivity contribution in [2.24, 2.45) is 0 Å². The number of nitrogens with zero attached hydrogens (tertiary/aromatic N) is 1. The maximum absolute atomic E-state index is 6.63. The maximum Gasteiger partial charge on any atom is 0.188 e. The van der Waals surface area contributed by atoms with Gasteiger partial charge in [0.25, 0.3) is 0 Å². The van der Waals surface area contributed by atoms with Gasteiger partial charge in [0.2, 0.25) is 0 Å². The molecule has 0 N–H and O–H groups in total. The minimum absolute atomic E-state index is 0.478. The van der Waals surface area contributed by atoms with E-state index in [1.54, 1.807) is 7.11 Å². The molecule has 4 aromatic carbocycles. The molecule has 0 unspecified atom stereocenters. The summed E-state index contributed by atoms with van der Waals surface area (Å²) in [6.45, 7) is 0. The third-order valence-electron chi connectivity index (χ3n) is 4.88. The molecule has 0 fully saturated rings. The lowest BCUT2D eigenvalue weighted by atomic mass is 10.1. The predicted octanol–water partition coefficient (Wildman–Crippen LogP) is 7.72. The number of anilines is 3. The lowest BCUT2D eigenvalue weighted by molar-refractivity contribution is 0.360. The van der Waals surface area contributed by atoms with E-state index in [9.17, 15) is 0 Å². The van der Waals surface area contributed by atoms with E-state index < -0.39 is 0 Å². The van der Waals surface area contributed by atoms with Gasteiger partial charge in [0.05, 0.1) is 17.8 Å². The Kier molecular flexibility index (Phi) is 4.69. The highest BCUT2D eigenvalue weighted by Crippen LogP contribution is 2.51. The molecule has 0 bridgehead atoms. The predicted molar refractivity (Wildman–Crippen MR) is 119 cm³/mol. The van der Waals surface area contributed by atoms with Gasteiger partial charge in [-0.3, -0.25) is 0 Å². The van der Waals surface area contributed by atoms with E-state index in [-0.39, 0.29) is 0 Å². The third kappa shape index (κ3) is 3.31. The molecular weight excluding hydrogens is 398 g/mol. The van der Waals surface area contributed by atoms with Crippen molar-refractivity contribution in [3.63, 3.8) is 0 Å². The molecule has 5 heteroatoms. The molecule has 0 aliphatic carbocycles. The number of rotatable bonds is 4. The first-order valence-corrected chi connectivity index (χ1v) is 9.88. The van der Waals surface area contributed by atoms with E-state index in [0.29, 0.717) is 28.0 Å². The summed E-state index contributed by atoms with van der Waals surface area (Å²) >= 11 is 6.63. The molecule has 5 rings (SSSR count). The Morgan fingerprint density at radius 2 is 1.30 bits per heavy atom. The zero-order valence-electron chi connectivity index (χ0n) is 16.2. The van der Waals surface area contributed by atoms with E-state index in [4.69, 9.17) is 25.8 Å². The van der Waals surface area contributed by atoms with Crippen LogP contribution in [0.2, 0.25) is 5.02 Å². The molecule has 0 spiro atoms. The fraction of sp³-hybridized carbons (Fsp3) is 0.0400. The fourth-order valence-corrected chi connectivity index (χ4v) is 3.70. The molecule has 0 atom stereocenters. The highest BCUT2D eigenvalue weighted by molar-refractivity contribution is 6.32. The Morgan fingerprint density at radius 3 is 2.00 bits per heavy atom. The fourth-order valence-electron chi connectivity index (χ4n) is 3.46. The number of para-hydroxylation sites is 3. The van der Waals surface area contributed by atoms with Crippen molar-refractivity contribution >= 4 is 28.7 Å². The van der Waals surface area contributed by atoms with Crippen LogP contribution in [0.3, 0.4) is 0 Å². The average molecular weight is 416 g/mol. The lowest BCUT2D eigenvalue weighted by Crippen LogP contribution is -2.10. The standard InChI is InChI=1S/C25H18ClNO3/c1-28-20-13-11-18(12-14-20)27(17-7-3-2-4-8-17)19-15-21(26)25-24(16-19)29-22-9-5-6-10-23(22)30-25/h2-16H,1H3. The van der Waals surface area contributed by atoms with Crippen LogP contribution >= 0.6 is 11.6 Å². The second-order valence-corrected chi connectivity index (χ2v) is 7.18. The van der Waals surface area contributed by atoms with E-state index in [2.05, 4.69) is 4.90 Å². The van der Waals surface area contributed by atoms with Crippen LogP contribution in [0.25, 0.3) is 0 Å². The molecule has 0 saturated heterocycles. The molecular formula is C25H18ClNO3.